The monoisotopic (exact) mass is 226 g/mol. The molecule has 0 bridgehead atoms. The Bertz CT molecular complexity index is 559. The predicted octanol–water partition coefficient (Wildman–Crippen LogP) is 4.44. The number of rotatable bonds is 3. The number of Topliss-reactive ketones (excluding diaryl/α,β-unsaturated/α-hetero) is 1. The second-order valence-electron chi connectivity index (χ2n) is 4.60. The van der Waals surface area contributed by atoms with E-state index in [9.17, 15) is 4.79 Å². The Balaban J connectivity index is 2.71. The number of aryl methyl sites for hydroxylation is 2. The van der Waals surface area contributed by atoms with Gasteiger partial charge in [-0.05, 0) is 42.2 Å². The van der Waals surface area contributed by atoms with Crippen LogP contribution in [0.15, 0.2) is 30.3 Å². The van der Waals surface area contributed by atoms with Crippen molar-refractivity contribution in [2.45, 2.75) is 33.6 Å². The molecule has 0 aromatic heterocycles. The average Bonchev–Trinajstić information content (AvgIpc) is 2.29. The van der Waals surface area contributed by atoms with Gasteiger partial charge >= 0.3 is 0 Å². The van der Waals surface area contributed by atoms with Gasteiger partial charge in [0.1, 0.15) is 0 Å². The molecule has 0 aliphatic carbocycles. The lowest BCUT2D eigenvalue weighted by atomic mass is 9.94. The van der Waals surface area contributed by atoms with Gasteiger partial charge in [-0.3, -0.25) is 4.79 Å². The van der Waals surface area contributed by atoms with Gasteiger partial charge in [-0.1, -0.05) is 37.3 Å². The highest BCUT2D eigenvalue weighted by Crippen LogP contribution is 2.26. The van der Waals surface area contributed by atoms with E-state index in [0.717, 1.165) is 17.4 Å². The standard InChI is InChI=1S/C16H18O/c1-4-6-15(17)13-10-9-12(3)16-11(2)7-5-8-14(13)16/h5,7-10H,4,6H2,1-3H3. The Kier molecular flexibility index (Phi) is 3.28. The van der Waals surface area contributed by atoms with Crippen molar-refractivity contribution in [3.05, 3.63) is 47.0 Å². The van der Waals surface area contributed by atoms with Crippen molar-refractivity contribution in [1.82, 2.24) is 0 Å². The minimum Gasteiger partial charge on any atom is -0.294 e. The average molecular weight is 226 g/mol. The number of hydrogen-bond donors (Lipinski definition) is 0. The van der Waals surface area contributed by atoms with Crippen LogP contribution < -0.4 is 0 Å². The number of fused-ring (bicyclic) bond motifs is 1. The lowest BCUT2D eigenvalue weighted by molar-refractivity contribution is 0.0983. The SMILES string of the molecule is CCCC(=O)c1ccc(C)c2c(C)cccc12. The molecule has 0 N–H and O–H groups in total. The maximum absolute atomic E-state index is 12.1. The molecule has 0 radical (unpaired) electrons. The van der Waals surface area contributed by atoms with E-state index in [4.69, 9.17) is 0 Å². The Labute approximate surface area is 102 Å². The maximum Gasteiger partial charge on any atom is 0.163 e. The third kappa shape index (κ3) is 2.10. The van der Waals surface area contributed by atoms with Gasteiger partial charge in [0.2, 0.25) is 0 Å². The summed E-state index contributed by atoms with van der Waals surface area (Å²) in [6.07, 6.45) is 1.53. The molecular formula is C16H18O. The van der Waals surface area contributed by atoms with E-state index >= 15 is 0 Å². The number of hydrogen-bond acceptors (Lipinski definition) is 1. The fourth-order valence-electron chi connectivity index (χ4n) is 2.40. The number of ketones is 1. The molecule has 0 heterocycles. The van der Waals surface area contributed by atoms with Crippen LogP contribution >= 0.6 is 0 Å². The molecule has 0 amide bonds. The molecule has 0 fully saturated rings. The molecule has 1 nitrogen and oxygen atoms in total. The Morgan fingerprint density at radius 3 is 2.47 bits per heavy atom. The Morgan fingerprint density at radius 1 is 1.06 bits per heavy atom. The predicted molar refractivity (Wildman–Crippen MR) is 72.7 cm³/mol. The molecule has 0 saturated heterocycles. The summed E-state index contributed by atoms with van der Waals surface area (Å²) in [5.74, 6) is 0.253. The summed E-state index contributed by atoms with van der Waals surface area (Å²) in [6, 6.07) is 10.2. The second kappa shape index (κ2) is 4.70. The van der Waals surface area contributed by atoms with Crippen LogP contribution in [0.4, 0.5) is 0 Å². The van der Waals surface area contributed by atoms with Gasteiger partial charge in [0.15, 0.2) is 5.78 Å². The zero-order valence-corrected chi connectivity index (χ0v) is 10.7. The smallest absolute Gasteiger partial charge is 0.163 e. The summed E-state index contributed by atoms with van der Waals surface area (Å²) in [4.78, 5) is 12.1. The van der Waals surface area contributed by atoms with Crippen LogP contribution in [0, 0.1) is 13.8 Å². The van der Waals surface area contributed by atoms with Crippen LogP contribution in [-0.4, -0.2) is 5.78 Å². The van der Waals surface area contributed by atoms with Crippen molar-refractivity contribution in [3.63, 3.8) is 0 Å². The minimum atomic E-state index is 0.253. The van der Waals surface area contributed by atoms with Gasteiger partial charge in [0.05, 0.1) is 0 Å². The summed E-state index contributed by atoms with van der Waals surface area (Å²) in [6.45, 7) is 6.24. The highest BCUT2D eigenvalue weighted by molar-refractivity contribution is 6.09. The van der Waals surface area contributed by atoms with Crippen LogP contribution in [-0.2, 0) is 0 Å². The largest absolute Gasteiger partial charge is 0.294 e. The summed E-state index contributed by atoms with van der Waals surface area (Å²) in [5.41, 5.74) is 3.36. The number of carbonyl (C=O) groups is 1. The van der Waals surface area contributed by atoms with Gasteiger partial charge in [-0.15, -0.1) is 0 Å². The molecule has 1 heteroatoms. The van der Waals surface area contributed by atoms with Gasteiger partial charge < -0.3 is 0 Å². The van der Waals surface area contributed by atoms with E-state index in [1.807, 2.05) is 19.1 Å². The van der Waals surface area contributed by atoms with Crippen LogP contribution in [0.25, 0.3) is 10.8 Å². The third-order valence-electron chi connectivity index (χ3n) is 3.23. The molecule has 2 aromatic rings. The van der Waals surface area contributed by atoms with Crippen LogP contribution in [0.2, 0.25) is 0 Å². The lowest BCUT2D eigenvalue weighted by Gasteiger charge is -2.10. The second-order valence-corrected chi connectivity index (χ2v) is 4.60. The third-order valence-corrected chi connectivity index (χ3v) is 3.23. The first-order valence-electron chi connectivity index (χ1n) is 6.17. The van der Waals surface area contributed by atoms with E-state index in [2.05, 4.69) is 32.0 Å². The molecular weight excluding hydrogens is 208 g/mol. The van der Waals surface area contributed by atoms with E-state index in [0.29, 0.717) is 6.42 Å². The Morgan fingerprint density at radius 2 is 1.76 bits per heavy atom. The zero-order valence-electron chi connectivity index (χ0n) is 10.7. The molecule has 2 aromatic carbocycles. The quantitative estimate of drug-likeness (QED) is 0.707. The molecule has 88 valence electrons. The topological polar surface area (TPSA) is 17.1 Å². The molecule has 0 aliphatic heterocycles. The molecule has 0 atom stereocenters. The van der Waals surface area contributed by atoms with E-state index in [1.165, 1.54) is 16.5 Å². The van der Waals surface area contributed by atoms with Crippen LogP contribution in [0.3, 0.4) is 0 Å². The maximum atomic E-state index is 12.1. The number of carbonyl (C=O) groups excluding carboxylic acids is 1. The van der Waals surface area contributed by atoms with Gasteiger partial charge in [-0.2, -0.15) is 0 Å². The molecule has 2 rings (SSSR count). The minimum absolute atomic E-state index is 0.253. The molecule has 0 aliphatic rings. The molecule has 17 heavy (non-hydrogen) atoms. The number of benzene rings is 2. The van der Waals surface area contributed by atoms with Gasteiger partial charge in [0.25, 0.3) is 0 Å². The Hall–Kier alpha value is -1.63. The fourth-order valence-corrected chi connectivity index (χ4v) is 2.40. The van der Waals surface area contributed by atoms with Crippen LogP contribution in [0.1, 0.15) is 41.3 Å². The highest BCUT2D eigenvalue weighted by atomic mass is 16.1. The van der Waals surface area contributed by atoms with E-state index < -0.39 is 0 Å². The van der Waals surface area contributed by atoms with Gasteiger partial charge in [-0.25, -0.2) is 0 Å². The molecule has 0 spiro atoms. The first-order valence-corrected chi connectivity index (χ1v) is 6.17. The summed E-state index contributed by atoms with van der Waals surface area (Å²) < 4.78 is 0. The van der Waals surface area contributed by atoms with Crippen molar-refractivity contribution in [2.75, 3.05) is 0 Å². The highest BCUT2D eigenvalue weighted by Gasteiger charge is 2.11. The molecule has 0 saturated carbocycles. The van der Waals surface area contributed by atoms with Crippen molar-refractivity contribution in [2.24, 2.45) is 0 Å². The summed E-state index contributed by atoms with van der Waals surface area (Å²) in [7, 11) is 0. The van der Waals surface area contributed by atoms with Gasteiger partial charge in [0, 0.05) is 12.0 Å². The normalized spacial score (nSPS) is 10.8. The first-order chi connectivity index (χ1) is 8.15. The van der Waals surface area contributed by atoms with Crippen molar-refractivity contribution in [3.8, 4) is 0 Å². The van der Waals surface area contributed by atoms with Crippen molar-refractivity contribution < 1.29 is 4.79 Å². The van der Waals surface area contributed by atoms with E-state index in [-0.39, 0.29) is 5.78 Å². The fraction of sp³-hybridized carbons (Fsp3) is 0.312. The van der Waals surface area contributed by atoms with Crippen molar-refractivity contribution in [1.29, 1.82) is 0 Å². The lowest BCUT2D eigenvalue weighted by Crippen LogP contribution is -2.00. The summed E-state index contributed by atoms with van der Waals surface area (Å²) >= 11 is 0. The van der Waals surface area contributed by atoms with Crippen molar-refractivity contribution >= 4 is 16.6 Å². The van der Waals surface area contributed by atoms with Crippen LogP contribution in [0.5, 0.6) is 0 Å². The first kappa shape index (κ1) is 11.8. The molecule has 0 unspecified atom stereocenters. The van der Waals surface area contributed by atoms with E-state index in [1.54, 1.807) is 0 Å². The zero-order chi connectivity index (χ0) is 12.4. The summed E-state index contributed by atoms with van der Waals surface area (Å²) in [5, 5.41) is 2.33.